The highest BCUT2D eigenvalue weighted by Gasteiger charge is 2.29. The number of nitrogens with one attached hydrogen (secondary N) is 3. The molecule has 0 radical (unpaired) electrons. The fourth-order valence-corrected chi connectivity index (χ4v) is 4.53. The number of fused-ring (bicyclic) bond motifs is 1. The highest BCUT2D eigenvalue weighted by molar-refractivity contribution is 7.20. The van der Waals surface area contributed by atoms with Gasteiger partial charge in [0.15, 0.2) is 0 Å². The van der Waals surface area contributed by atoms with E-state index in [1.807, 2.05) is 19.1 Å². The molecule has 1 unspecified atom stereocenters. The molecular formula is C15H16Cl3N5OS. The maximum Gasteiger partial charge on any atom is 0.233 e. The average Bonchev–Trinajstić information content (AvgIpc) is 2.90. The number of guanidine groups is 1. The summed E-state index contributed by atoms with van der Waals surface area (Å²) in [5, 5.41) is 20.4. The molecular weight excluding hydrogens is 405 g/mol. The van der Waals surface area contributed by atoms with E-state index in [4.69, 9.17) is 33.8 Å². The Morgan fingerprint density at radius 1 is 1.44 bits per heavy atom. The van der Waals surface area contributed by atoms with Crippen molar-refractivity contribution in [3.63, 3.8) is 0 Å². The van der Waals surface area contributed by atoms with Crippen LogP contribution in [0.1, 0.15) is 34.7 Å². The van der Waals surface area contributed by atoms with E-state index in [-0.39, 0.29) is 24.3 Å². The second kappa shape index (κ2) is 8.33. The molecule has 0 aromatic carbocycles. The van der Waals surface area contributed by atoms with Crippen molar-refractivity contribution in [3.05, 3.63) is 49.4 Å². The van der Waals surface area contributed by atoms with Crippen molar-refractivity contribution < 1.29 is 5.21 Å². The Labute approximate surface area is 165 Å². The van der Waals surface area contributed by atoms with Crippen LogP contribution in [0.4, 0.5) is 0 Å². The molecule has 0 spiro atoms. The first kappa shape index (κ1) is 19.9. The predicted molar refractivity (Wildman–Crippen MR) is 104 cm³/mol. The number of rotatable bonds is 2. The molecule has 1 atom stereocenters. The standard InChI is InChI=1S/C15H15Cl2N5OS.ClH/c1-7-2-3-19-10-4-8(9-6-12(16)24-14(9)17)5-11(13(7)10)20-21-15(18)22-23;/h2-3,6,8,23H,4-5H2,1H3,(H3,18,21,22);1H/b20-11-;. The molecule has 0 saturated heterocycles. The Balaban J connectivity index is 0.00000225. The van der Waals surface area contributed by atoms with Gasteiger partial charge in [0.05, 0.1) is 20.1 Å². The number of nitrogens with zero attached hydrogens (tertiary/aromatic N) is 2. The summed E-state index contributed by atoms with van der Waals surface area (Å²) < 4.78 is 1.33. The first-order valence-corrected chi connectivity index (χ1v) is 8.77. The van der Waals surface area contributed by atoms with Crippen LogP contribution in [0.5, 0.6) is 0 Å². The van der Waals surface area contributed by atoms with Gasteiger partial charge in [0, 0.05) is 11.8 Å². The van der Waals surface area contributed by atoms with Crippen LogP contribution in [0, 0.1) is 12.3 Å². The van der Waals surface area contributed by atoms with Crippen molar-refractivity contribution in [2.24, 2.45) is 5.10 Å². The molecule has 2 aromatic heterocycles. The predicted octanol–water partition coefficient (Wildman–Crippen LogP) is 4.12. The number of hydrazone groups is 1. The first-order valence-electron chi connectivity index (χ1n) is 7.20. The third-order valence-electron chi connectivity index (χ3n) is 3.94. The van der Waals surface area contributed by atoms with Crippen molar-refractivity contribution in [1.82, 2.24) is 15.9 Å². The van der Waals surface area contributed by atoms with Crippen molar-refractivity contribution in [3.8, 4) is 0 Å². The summed E-state index contributed by atoms with van der Waals surface area (Å²) in [6.07, 6.45) is 3.16. The highest BCUT2D eigenvalue weighted by atomic mass is 35.5. The van der Waals surface area contributed by atoms with E-state index in [1.54, 1.807) is 11.7 Å². The lowest BCUT2D eigenvalue weighted by Gasteiger charge is -2.26. The van der Waals surface area contributed by atoms with Gasteiger partial charge in [-0.05, 0) is 48.9 Å². The van der Waals surface area contributed by atoms with Crippen LogP contribution in [-0.4, -0.2) is 21.9 Å². The summed E-state index contributed by atoms with van der Waals surface area (Å²) >= 11 is 13.7. The SMILES string of the molecule is Cc1ccnc2c1/C(=N\NC(=N)NO)CC(c1cc(Cl)sc1Cl)C2.Cl. The Kier molecular flexibility index (Phi) is 6.65. The van der Waals surface area contributed by atoms with Crippen molar-refractivity contribution in [2.45, 2.75) is 25.7 Å². The van der Waals surface area contributed by atoms with Gasteiger partial charge in [0.2, 0.25) is 5.96 Å². The third kappa shape index (κ3) is 4.24. The number of hydroxylamine groups is 1. The van der Waals surface area contributed by atoms with Gasteiger partial charge in [-0.2, -0.15) is 5.10 Å². The summed E-state index contributed by atoms with van der Waals surface area (Å²) in [7, 11) is 0. The van der Waals surface area contributed by atoms with Crippen molar-refractivity contribution in [2.75, 3.05) is 0 Å². The summed E-state index contributed by atoms with van der Waals surface area (Å²) in [4.78, 5) is 4.49. The third-order valence-corrected chi connectivity index (χ3v) is 5.46. The fourth-order valence-electron chi connectivity index (χ4n) is 2.91. The van der Waals surface area contributed by atoms with Gasteiger partial charge >= 0.3 is 0 Å². The van der Waals surface area contributed by atoms with Gasteiger partial charge in [-0.15, -0.1) is 23.7 Å². The van der Waals surface area contributed by atoms with E-state index in [0.29, 0.717) is 15.1 Å². The Hall–Kier alpha value is -1.38. The number of hydrogen-bond donors (Lipinski definition) is 4. The minimum absolute atomic E-state index is 0. The van der Waals surface area contributed by atoms with Crippen LogP contribution in [-0.2, 0) is 6.42 Å². The van der Waals surface area contributed by atoms with Gasteiger partial charge in [0.25, 0.3) is 0 Å². The number of halogens is 3. The molecule has 3 rings (SSSR count). The van der Waals surface area contributed by atoms with E-state index in [9.17, 15) is 0 Å². The zero-order valence-corrected chi connectivity index (χ0v) is 16.3. The van der Waals surface area contributed by atoms with Crippen LogP contribution in [0.15, 0.2) is 23.4 Å². The van der Waals surface area contributed by atoms with E-state index in [0.717, 1.165) is 34.5 Å². The van der Waals surface area contributed by atoms with Crippen LogP contribution in [0.3, 0.4) is 0 Å². The minimum atomic E-state index is -0.302. The van der Waals surface area contributed by atoms with E-state index in [1.165, 1.54) is 11.3 Å². The average molecular weight is 421 g/mol. The van der Waals surface area contributed by atoms with E-state index >= 15 is 0 Å². The molecule has 0 fully saturated rings. The van der Waals surface area contributed by atoms with E-state index in [2.05, 4.69) is 15.5 Å². The maximum absolute atomic E-state index is 8.73. The van der Waals surface area contributed by atoms with Gasteiger partial charge < -0.3 is 0 Å². The summed E-state index contributed by atoms with van der Waals surface area (Å²) in [5.74, 6) is -0.191. The lowest BCUT2D eigenvalue weighted by Crippen LogP contribution is -2.32. The lowest BCUT2D eigenvalue weighted by molar-refractivity contribution is 0.228. The number of aryl methyl sites for hydroxylation is 1. The zero-order valence-electron chi connectivity index (χ0n) is 13.1. The monoisotopic (exact) mass is 419 g/mol. The molecule has 1 aliphatic rings. The molecule has 6 nitrogen and oxygen atoms in total. The molecule has 0 amide bonds. The molecule has 0 saturated carbocycles. The quantitative estimate of drug-likeness (QED) is 0.334. The molecule has 10 heteroatoms. The molecule has 1 aliphatic carbocycles. The number of aromatic nitrogens is 1. The largest absolute Gasteiger partial charge is 0.288 e. The molecule has 0 aliphatic heterocycles. The molecule has 2 aromatic rings. The molecule has 0 bridgehead atoms. The van der Waals surface area contributed by atoms with Crippen LogP contribution < -0.4 is 10.9 Å². The smallest absolute Gasteiger partial charge is 0.233 e. The first-order chi connectivity index (χ1) is 11.5. The van der Waals surface area contributed by atoms with Crippen molar-refractivity contribution in [1.29, 1.82) is 5.41 Å². The second-order valence-corrected chi connectivity index (χ2v) is 7.78. The Bertz CT molecular complexity index is 823. The molecule has 4 N–H and O–H groups in total. The number of pyridine rings is 1. The van der Waals surface area contributed by atoms with Gasteiger partial charge in [0.1, 0.15) is 0 Å². The van der Waals surface area contributed by atoms with Gasteiger partial charge in [-0.1, -0.05) is 23.2 Å². The maximum atomic E-state index is 8.73. The molecule has 2 heterocycles. The highest BCUT2D eigenvalue weighted by Crippen LogP contribution is 2.41. The molecule has 25 heavy (non-hydrogen) atoms. The lowest BCUT2D eigenvalue weighted by atomic mass is 9.81. The topological polar surface area (TPSA) is 93.4 Å². The number of thiophene rings is 1. The van der Waals surface area contributed by atoms with E-state index < -0.39 is 0 Å². The molecule has 134 valence electrons. The summed E-state index contributed by atoms with van der Waals surface area (Å²) in [6, 6.07) is 3.82. The van der Waals surface area contributed by atoms with Gasteiger partial charge in [-0.25, -0.2) is 10.9 Å². The van der Waals surface area contributed by atoms with Crippen molar-refractivity contribution >= 4 is 58.6 Å². The second-order valence-electron chi connectivity index (χ2n) is 5.49. The van der Waals surface area contributed by atoms with Crippen LogP contribution >= 0.6 is 46.9 Å². The normalized spacial score (nSPS) is 17.6. The van der Waals surface area contributed by atoms with Crippen LogP contribution in [0.25, 0.3) is 0 Å². The zero-order chi connectivity index (χ0) is 17.3. The number of hydrogen-bond acceptors (Lipinski definition) is 5. The Morgan fingerprint density at radius 3 is 2.84 bits per heavy atom. The summed E-state index contributed by atoms with van der Waals surface area (Å²) in [6.45, 7) is 2.00. The minimum Gasteiger partial charge on any atom is -0.288 e. The fraction of sp³-hybridized carbons (Fsp3) is 0.267. The van der Waals surface area contributed by atoms with Gasteiger partial charge in [-0.3, -0.25) is 15.6 Å². The summed E-state index contributed by atoms with van der Waals surface area (Å²) in [5.41, 5.74) is 8.94. The Morgan fingerprint density at radius 2 is 2.20 bits per heavy atom. The van der Waals surface area contributed by atoms with Crippen LogP contribution in [0.2, 0.25) is 8.67 Å².